The molecule has 0 aliphatic heterocycles. The minimum Gasteiger partial charge on any atom is -0.422 e. The van der Waals surface area contributed by atoms with Gasteiger partial charge in [0.05, 0.1) is 0 Å². The summed E-state index contributed by atoms with van der Waals surface area (Å²) in [4.78, 5) is 20.6. The van der Waals surface area contributed by atoms with E-state index in [0.29, 0.717) is 17.1 Å². The number of aromatic nitrogens is 3. The fourth-order valence-electron chi connectivity index (χ4n) is 2.37. The van der Waals surface area contributed by atoms with E-state index in [2.05, 4.69) is 15.1 Å². The predicted octanol–water partition coefficient (Wildman–Crippen LogP) is 3.21. The summed E-state index contributed by atoms with van der Waals surface area (Å²) in [7, 11) is 0. The first kappa shape index (κ1) is 13.4. The first-order valence-corrected chi connectivity index (χ1v) is 7.01. The van der Waals surface area contributed by atoms with E-state index in [0.717, 1.165) is 10.9 Å². The Morgan fingerprint density at radius 2 is 2.00 bits per heavy atom. The van der Waals surface area contributed by atoms with Crippen LogP contribution in [0.2, 0.25) is 0 Å². The molecular formula is C17H11N3O3. The number of para-hydroxylation sites is 1. The van der Waals surface area contributed by atoms with Gasteiger partial charge in [-0.25, -0.2) is 4.79 Å². The van der Waals surface area contributed by atoms with Crippen LogP contribution in [-0.4, -0.2) is 15.1 Å². The normalized spacial score (nSPS) is 11.0. The molecule has 112 valence electrons. The van der Waals surface area contributed by atoms with E-state index in [4.69, 9.17) is 8.94 Å². The van der Waals surface area contributed by atoms with Crippen molar-refractivity contribution in [2.45, 2.75) is 6.92 Å². The molecule has 1 aromatic carbocycles. The Kier molecular flexibility index (Phi) is 3.01. The summed E-state index contributed by atoms with van der Waals surface area (Å²) in [6.45, 7) is 1.89. The van der Waals surface area contributed by atoms with Gasteiger partial charge in [0.15, 0.2) is 0 Å². The van der Waals surface area contributed by atoms with Gasteiger partial charge in [-0.05, 0) is 30.7 Å². The molecule has 4 aromatic rings. The van der Waals surface area contributed by atoms with Gasteiger partial charge in [-0.15, -0.1) is 0 Å². The summed E-state index contributed by atoms with van der Waals surface area (Å²) < 4.78 is 10.6. The van der Waals surface area contributed by atoms with Crippen molar-refractivity contribution in [3.05, 3.63) is 64.6 Å². The van der Waals surface area contributed by atoms with Crippen LogP contribution in [0, 0.1) is 6.92 Å². The molecule has 0 aliphatic rings. The maximum atomic E-state index is 12.2. The first-order chi connectivity index (χ1) is 11.2. The van der Waals surface area contributed by atoms with Crippen LogP contribution in [0.3, 0.4) is 0 Å². The molecule has 0 N–H and O–H groups in total. The Labute approximate surface area is 130 Å². The molecule has 0 saturated heterocycles. The summed E-state index contributed by atoms with van der Waals surface area (Å²) >= 11 is 0. The molecule has 0 fully saturated rings. The number of benzene rings is 1. The van der Waals surface area contributed by atoms with Crippen molar-refractivity contribution in [1.29, 1.82) is 0 Å². The molecule has 3 aromatic heterocycles. The van der Waals surface area contributed by atoms with Gasteiger partial charge in [-0.2, -0.15) is 4.98 Å². The van der Waals surface area contributed by atoms with Crippen molar-refractivity contribution in [3.8, 4) is 23.0 Å². The maximum Gasteiger partial charge on any atom is 0.349 e. The van der Waals surface area contributed by atoms with Crippen LogP contribution in [0.15, 0.2) is 62.4 Å². The Bertz CT molecular complexity index is 1050. The van der Waals surface area contributed by atoms with Gasteiger partial charge in [0, 0.05) is 11.6 Å². The maximum absolute atomic E-state index is 12.2. The summed E-state index contributed by atoms with van der Waals surface area (Å²) in [5.74, 6) is 0.437. The molecule has 4 rings (SSSR count). The van der Waals surface area contributed by atoms with Crippen molar-refractivity contribution in [1.82, 2.24) is 15.1 Å². The molecule has 0 saturated carbocycles. The first-order valence-electron chi connectivity index (χ1n) is 7.01. The summed E-state index contributed by atoms with van der Waals surface area (Å²) in [6, 6.07) is 12.7. The fraction of sp³-hybridized carbons (Fsp3) is 0.0588. The molecule has 0 unspecified atom stereocenters. The van der Waals surface area contributed by atoms with Crippen LogP contribution in [0.5, 0.6) is 0 Å². The van der Waals surface area contributed by atoms with E-state index in [1.54, 1.807) is 24.4 Å². The standard InChI is InChI=1S/C17H11N3O3/c1-10-5-4-6-11-9-12(17(21)22-14(10)11)16-19-15(20-23-16)13-7-2-3-8-18-13/h2-9H,1H3. The molecule has 0 atom stereocenters. The van der Waals surface area contributed by atoms with Crippen LogP contribution in [0.1, 0.15) is 5.56 Å². The predicted molar refractivity (Wildman–Crippen MR) is 83.7 cm³/mol. The summed E-state index contributed by atoms with van der Waals surface area (Å²) in [6.07, 6.45) is 1.64. The van der Waals surface area contributed by atoms with Gasteiger partial charge < -0.3 is 8.94 Å². The lowest BCUT2D eigenvalue weighted by molar-refractivity contribution is 0.429. The second kappa shape index (κ2) is 5.17. The number of hydrogen-bond donors (Lipinski definition) is 0. The highest BCUT2D eigenvalue weighted by Gasteiger charge is 2.16. The monoisotopic (exact) mass is 305 g/mol. The van der Waals surface area contributed by atoms with Crippen LogP contribution in [0.4, 0.5) is 0 Å². The minimum atomic E-state index is -0.511. The number of hydrogen-bond acceptors (Lipinski definition) is 6. The molecule has 0 aliphatic carbocycles. The number of rotatable bonds is 2. The van der Waals surface area contributed by atoms with Gasteiger partial charge in [-0.1, -0.05) is 29.4 Å². The number of nitrogens with zero attached hydrogens (tertiary/aromatic N) is 3. The van der Waals surface area contributed by atoms with Gasteiger partial charge in [0.2, 0.25) is 5.82 Å². The van der Waals surface area contributed by atoms with E-state index in [9.17, 15) is 4.79 Å². The average Bonchev–Trinajstić information content (AvgIpc) is 3.06. The van der Waals surface area contributed by atoms with Gasteiger partial charge in [0.25, 0.3) is 5.89 Å². The Morgan fingerprint density at radius 1 is 1.09 bits per heavy atom. The van der Waals surface area contributed by atoms with Gasteiger partial charge in [-0.3, -0.25) is 4.98 Å². The van der Waals surface area contributed by atoms with Crippen LogP contribution >= 0.6 is 0 Å². The number of pyridine rings is 1. The number of fused-ring (bicyclic) bond motifs is 1. The lowest BCUT2D eigenvalue weighted by Crippen LogP contribution is -2.03. The largest absolute Gasteiger partial charge is 0.422 e. The highest BCUT2D eigenvalue weighted by atomic mass is 16.5. The van der Waals surface area contributed by atoms with Crippen molar-refractivity contribution >= 4 is 11.0 Å². The topological polar surface area (TPSA) is 82.0 Å². The summed E-state index contributed by atoms with van der Waals surface area (Å²) in [5.41, 5.74) is 1.75. The molecule has 0 radical (unpaired) electrons. The Hall–Kier alpha value is -3.28. The lowest BCUT2D eigenvalue weighted by Gasteiger charge is -2.01. The van der Waals surface area contributed by atoms with Crippen LogP contribution in [-0.2, 0) is 0 Å². The zero-order chi connectivity index (χ0) is 15.8. The van der Waals surface area contributed by atoms with E-state index in [-0.39, 0.29) is 11.5 Å². The van der Waals surface area contributed by atoms with E-state index in [1.807, 2.05) is 31.2 Å². The molecular weight excluding hydrogens is 294 g/mol. The quantitative estimate of drug-likeness (QED) is 0.529. The lowest BCUT2D eigenvalue weighted by atomic mass is 10.1. The second-order valence-electron chi connectivity index (χ2n) is 5.08. The Balaban J connectivity index is 1.85. The third kappa shape index (κ3) is 2.30. The molecule has 0 amide bonds. The molecule has 0 bridgehead atoms. The van der Waals surface area contributed by atoms with E-state index >= 15 is 0 Å². The zero-order valence-electron chi connectivity index (χ0n) is 12.2. The average molecular weight is 305 g/mol. The highest BCUT2D eigenvalue weighted by molar-refractivity contribution is 5.82. The highest BCUT2D eigenvalue weighted by Crippen LogP contribution is 2.23. The second-order valence-corrected chi connectivity index (χ2v) is 5.08. The molecule has 6 heteroatoms. The van der Waals surface area contributed by atoms with Crippen molar-refractivity contribution in [3.63, 3.8) is 0 Å². The molecule has 23 heavy (non-hydrogen) atoms. The van der Waals surface area contributed by atoms with Crippen molar-refractivity contribution < 1.29 is 8.94 Å². The molecule has 3 heterocycles. The van der Waals surface area contributed by atoms with E-state index < -0.39 is 5.63 Å². The minimum absolute atomic E-state index is 0.114. The van der Waals surface area contributed by atoms with Crippen LogP contribution < -0.4 is 5.63 Å². The van der Waals surface area contributed by atoms with Gasteiger partial charge >= 0.3 is 5.63 Å². The van der Waals surface area contributed by atoms with Crippen molar-refractivity contribution in [2.75, 3.05) is 0 Å². The summed E-state index contributed by atoms with van der Waals surface area (Å²) in [5, 5.41) is 4.68. The van der Waals surface area contributed by atoms with Crippen LogP contribution in [0.25, 0.3) is 33.9 Å². The molecule has 0 spiro atoms. The van der Waals surface area contributed by atoms with Crippen molar-refractivity contribution in [2.24, 2.45) is 0 Å². The van der Waals surface area contributed by atoms with Gasteiger partial charge in [0.1, 0.15) is 16.8 Å². The zero-order valence-corrected chi connectivity index (χ0v) is 12.2. The Morgan fingerprint density at radius 3 is 2.83 bits per heavy atom. The number of aryl methyl sites for hydroxylation is 1. The third-order valence-corrected chi connectivity index (χ3v) is 3.51. The SMILES string of the molecule is Cc1cccc2cc(-c3nc(-c4ccccn4)no3)c(=O)oc12. The smallest absolute Gasteiger partial charge is 0.349 e. The van der Waals surface area contributed by atoms with E-state index in [1.165, 1.54) is 0 Å². The fourth-order valence-corrected chi connectivity index (χ4v) is 2.37. The third-order valence-electron chi connectivity index (χ3n) is 3.51. The molecule has 6 nitrogen and oxygen atoms in total.